The molecule has 0 unspecified atom stereocenters. The molecule has 7 heteroatoms. The van der Waals surface area contributed by atoms with Crippen LogP contribution in [0.3, 0.4) is 0 Å². The molecule has 0 atom stereocenters. The summed E-state index contributed by atoms with van der Waals surface area (Å²) in [6.07, 6.45) is 2.20. The van der Waals surface area contributed by atoms with Gasteiger partial charge in [-0.25, -0.2) is 13.1 Å². The minimum absolute atomic E-state index is 0.115. The topological polar surface area (TPSA) is 85.3 Å². The molecular weight excluding hydrogens is 304 g/mol. The third kappa shape index (κ3) is 2.65. The molecule has 0 saturated heterocycles. The number of sulfonamides is 1. The third-order valence-electron chi connectivity index (χ3n) is 3.48. The van der Waals surface area contributed by atoms with Crippen LogP contribution in [-0.2, 0) is 16.4 Å². The zero-order chi connectivity index (χ0) is 15.7. The van der Waals surface area contributed by atoms with Crippen molar-refractivity contribution in [3.05, 3.63) is 47.5 Å². The molecule has 6 nitrogen and oxygen atoms in total. The zero-order valence-corrected chi connectivity index (χ0v) is 13.1. The number of nitrogens with one attached hydrogen (secondary N) is 1. The molecule has 116 valence electrons. The van der Waals surface area contributed by atoms with E-state index in [1.54, 1.807) is 20.1 Å². The van der Waals surface area contributed by atoms with E-state index in [1.165, 1.54) is 0 Å². The lowest BCUT2D eigenvalue weighted by Gasteiger charge is -2.05. The van der Waals surface area contributed by atoms with E-state index in [2.05, 4.69) is 9.88 Å². The van der Waals surface area contributed by atoms with E-state index >= 15 is 0 Å². The average molecular weight is 320 g/mol. The Morgan fingerprint density at radius 1 is 1.23 bits per heavy atom. The highest BCUT2D eigenvalue weighted by Crippen LogP contribution is 2.21. The van der Waals surface area contributed by atoms with Crippen molar-refractivity contribution in [3.8, 4) is 0 Å². The minimum Gasteiger partial charge on any atom is -0.464 e. The molecule has 0 fully saturated rings. The second-order valence-electron chi connectivity index (χ2n) is 5.06. The number of furan rings is 1. The van der Waals surface area contributed by atoms with Crippen molar-refractivity contribution in [1.82, 2.24) is 9.88 Å². The predicted molar refractivity (Wildman–Crippen MR) is 81.1 cm³/mol. The van der Waals surface area contributed by atoms with Crippen LogP contribution in [0.4, 0.5) is 0 Å². The first-order valence-electron chi connectivity index (χ1n) is 6.86. The van der Waals surface area contributed by atoms with Crippen molar-refractivity contribution >= 4 is 21.0 Å². The van der Waals surface area contributed by atoms with Crippen LogP contribution in [0.15, 0.2) is 44.4 Å². The first-order valence-corrected chi connectivity index (χ1v) is 8.35. The van der Waals surface area contributed by atoms with Gasteiger partial charge in [-0.15, -0.1) is 0 Å². The molecule has 0 aliphatic rings. The van der Waals surface area contributed by atoms with Gasteiger partial charge in [0.15, 0.2) is 5.76 Å². The highest BCUT2D eigenvalue weighted by molar-refractivity contribution is 7.89. The zero-order valence-electron chi connectivity index (χ0n) is 12.3. The van der Waals surface area contributed by atoms with Crippen LogP contribution < -0.4 is 4.72 Å². The van der Waals surface area contributed by atoms with Gasteiger partial charge in [-0.1, -0.05) is 23.4 Å². The van der Waals surface area contributed by atoms with Gasteiger partial charge >= 0.3 is 0 Å². The second kappa shape index (κ2) is 5.58. The van der Waals surface area contributed by atoms with Gasteiger partial charge in [0.25, 0.3) is 0 Å². The Labute approximate surface area is 128 Å². The van der Waals surface area contributed by atoms with E-state index < -0.39 is 10.0 Å². The maximum Gasteiger partial charge on any atom is 0.245 e. The Balaban J connectivity index is 1.73. The summed E-state index contributed by atoms with van der Waals surface area (Å²) in [5, 5.41) is 4.67. The quantitative estimate of drug-likeness (QED) is 0.781. The Kier molecular flexibility index (Phi) is 3.76. The molecule has 3 rings (SSSR count). The van der Waals surface area contributed by atoms with E-state index in [9.17, 15) is 8.42 Å². The van der Waals surface area contributed by atoms with E-state index in [0.717, 1.165) is 16.5 Å². The Bertz CT molecular complexity index is 889. The molecular formula is C15H16N2O4S. The van der Waals surface area contributed by atoms with Crippen molar-refractivity contribution in [3.63, 3.8) is 0 Å². The molecule has 3 aromatic rings. The summed E-state index contributed by atoms with van der Waals surface area (Å²) >= 11 is 0. The van der Waals surface area contributed by atoms with Crippen LogP contribution in [0.2, 0.25) is 0 Å². The van der Waals surface area contributed by atoms with Gasteiger partial charge in [0.05, 0.1) is 6.26 Å². The molecule has 0 amide bonds. The molecule has 0 bridgehead atoms. The van der Waals surface area contributed by atoms with Crippen LogP contribution >= 0.6 is 0 Å². The first-order chi connectivity index (χ1) is 10.5. The van der Waals surface area contributed by atoms with E-state index in [4.69, 9.17) is 8.94 Å². The fourth-order valence-corrected chi connectivity index (χ4v) is 3.83. The maximum absolute atomic E-state index is 12.3. The number of rotatable bonds is 5. The summed E-state index contributed by atoms with van der Waals surface area (Å²) in [6.45, 7) is 3.46. The summed E-state index contributed by atoms with van der Waals surface area (Å²) in [5.74, 6) is 0.291. The fraction of sp³-hybridized carbons (Fsp3) is 0.267. The highest BCUT2D eigenvalue weighted by atomic mass is 32.2. The van der Waals surface area contributed by atoms with Gasteiger partial charge in [-0.3, -0.25) is 0 Å². The fourth-order valence-electron chi connectivity index (χ4n) is 2.48. The van der Waals surface area contributed by atoms with Crippen LogP contribution in [-0.4, -0.2) is 20.1 Å². The lowest BCUT2D eigenvalue weighted by molar-refractivity contribution is 0.390. The van der Waals surface area contributed by atoms with Crippen molar-refractivity contribution in [2.75, 3.05) is 6.54 Å². The summed E-state index contributed by atoms with van der Waals surface area (Å²) < 4.78 is 37.5. The van der Waals surface area contributed by atoms with Crippen molar-refractivity contribution in [2.24, 2.45) is 0 Å². The molecule has 0 aliphatic carbocycles. The number of aromatic nitrogens is 1. The average Bonchev–Trinajstić information content (AvgIpc) is 3.03. The second-order valence-corrected chi connectivity index (χ2v) is 6.76. The van der Waals surface area contributed by atoms with Crippen LogP contribution in [0.25, 0.3) is 11.0 Å². The molecule has 1 aromatic carbocycles. The van der Waals surface area contributed by atoms with Gasteiger partial charge in [-0.2, -0.15) is 0 Å². The number of aryl methyl sites for hydroxylation is 2. The molecule has 22 heavy (non-hydrogen) atoms. The molecule has 1 N–H and O–H groups in total. The summed E-state index contributed by atoms with van der Waals surface area (Å²) in [7, 11) is -3.62. The third-order valence-corrected chi connectivity index (χ3v) is 5.19. The number of para-hydroxylation sites is 1. The Morgan fingerprint density at radius 3 is 2.73 bits per heavy atom. The van der Waals surface area contributed by atoms with Gasteiger partial charge in [0.1, 0.15) is 16.2 Å². The molecule has 0 spiro atoms. The van der Waals surface area contributed by atoms with Crippen molar-refractivity contribution < 1.29 is 17.4 Å². The maximum atomic E-state index is 12.3. The van der Waals surface area contributed by atoms with Gasteiger partial charge in [-0.05, 0) is 31.9 Å². The number of nitrogens with zero attached hydrogens (tertiary/aromatic N) is 1. The molecule has 0 saturated carbocycles. The number of hydrogen-bond donors (Lipinski definition) is 1. The Morgan fingerprint density at radius 2 is 2.00 bits per heavy atom. The molecule has 0 radical (unpaired) electrons. The predicted octanol–water partition coefficient (Wildman–Crippen LogP) is 2.56. The number of hydrogen-bond acceptors (Lipinski definition) is 5. The number of fused-ring (bicyclic) bond motifs is 1. The van der Waals surface area contributed by atoms with Crippen molar-refractivity contribution in [2.45, 2.75) is 25.2 Å². The van der Waals surface area contributed by atoms with Crippen LogP contribution in [0, 0.1) is 13.8 Å². The summed E-state index contributed by atoms with van der Waals surface area (Å²) in [5.41, 5.74) is 2.13. The lowest BCUT2D eigenvalue weighted by atomic mass is 10.1. The van der Waals surface area contributed by atoms with Gasteiger partial charge in [0.2, 0.25) is 10.0 Å². The van der Waals surface area contributed by atoms with Gasteiger partial charge < -0.3 is 8.94 Å². The summed E-state index contributed by atoms with van der Waals surface area (Å²) in [6, 6.07) is 7.66. The van der Waals surface area contributed by atoms with E-state index in [1.807, 2.05) is 24.3 Å². The van der Waals surface area contributed by atoms with Crippen LogP contribution in [0.5, 0.6) is 0 Å². The first kappa shape index (κ1) is 14.8. The molecule has 2 aromatic heterocycles. The SMILES string of the molecule is Cc1noc(C)c1S(=O)(=O)NCCc1coc2ccccc12. The van der Waals surface area contributed by atoms with Gasteiger partial charge in [0, 0.05) is 11.9 Å². The minimum atomic E-state index is -3.62. The summed E-state index contributed by atoms with van der Waals surface area (Å²) in [4.78, 5) is 0.115. The monoisotopic (exact) mass is 320 g/mol. The normalized spacial score (nSPS) is 12.1. The molecule has 2 heterocycles. The van der Waals surface area contributed by atoms with Crippen LogP contribution in [0.1, 0.15) is 17.0 Å². The lowest BCUT2D eigenvalue weighted by Crippen LogP contribution is -2.26. The largest absolute Gasteiger partial charge is 0.464 e. The smallest absolute Gasteiger partial charge is 0.245 e. The highest BCUT2D eigenvalue weighted by Gasteiger charge is 2.23. The van der Waals surface area contributed by atoms with E-state index in [-0.39, 0.29) is 11.4 Å². The number of benzene rings is 1. The standard InChI is InChI=1S/C15H16N2O4S/c1-10-15(11(2)21-17-10)22(18,19)16-8-7-12-9-20-14-6-4-3-5-13(12)14/h3-6,9,16H,7-8H2,1-2H3. The Hall–Kier alpha value is -2.12. The van der Waals surface area contributed by atoms with Crippen molar-refractivity contribution in [1.29, 1.82) is 0 Å². The molecule has 0 aliphatic heterocycles. The van der Waals surface area contributed by atoms with E-state index in [0.29, 0.717) is 17.9 Å².